The van der Waals surface area contributed by atoms with Gasteiger partial charge in [-0.05, 0) is 6.42 Å². The van der Waals surface area contributed by atoms with E-state index in [4.69, 9.17) is 19.9 Å². The van der Waals surface area contributed by atoms with Crippen molar-refractivity contribution in [3.8, 4) is 0 Å². The smallest absolute Gasteiger partial charge is 0.256 e. The van der Waals surface area contributed by atoms with Gasteiger partial charge in [-0.1, -0.05) is 30.3 Å². The van der Waals surface area contributed by atoms with E-state index in [0.717, 1.165) is 0 Å². The van der Waals surface area contributed by atoms with E-state index >= 15 is 0 Å². The van der Waals surface area contributed by atoms with Gasteiger partial charge in [0, 0.05) is 32.2 Å². The molecule has 1 aliphatic heterocycles. The summed E-state index contributed by atoms with van der Waals surface area (Å²) in [5.41, 5.74) is 6.27. The Kier molecular flexibility index (Phi) is 4.88. The molecule has 0 aliphatic carbocycles. The van der Waals surface area contributed by atoms with Crippen LogP contribution in [0.15, 0.2) is 30.3 Å². The summed E-state index contributed by atoms with van der Waals surface area (Å²) >= 11 is 0. The fourth-order valence-corrected chi connectivity index (χ4v) is 2.64. The number of hydrogen-bond donors (Lipinski definition) is 1. The average Bonchev–Trinajstić information content (AvgIpc) is 2.99. The molecule has 1 aromatic carbocycles. The second kappa shape index (κ2) is 6.45. The van der Waals surface area contributed by atoms with Crippen molar-refractivity contribution in [2.24, 2.45) is 11.7 Å². The second-order valence-corrected chi connectivity index (χ2v) is 4.88. The number of ether oxygens (including phenoxy) is 3. The molecule has 0 saturated carbocycles. The molecule has 5 nitrogen and oxygen atoms in total. The van der Waals surface area contributed by atoms with Gasteiger partial charge in [0.1, 0.15) is 0 Å². The predicted octanol–water partition coefficient (Wildman–Crippen LogP) is 1.07. The van der Waals surface area contributed by atoms with Crippen molar-refractivity contribution < 1.29 is 19.0 Å². The largest absolute Gasteiger partial charge is 0.376 e. The van der Waals surface area contributed by atoms with Crippen LogP contribution in [0.2, 0.25) is 0 Å². The SMILES string of the molecule is COC(OC)(C(=O)C1COC(CN)C1)c1ccccc1. The van der Waals surface area contributed by atoms with Crippen molar-refractivity contribution >= 4 is 5.78 Å². The highest BCUT2D eigenvalue weighted by molar-refractivity contribution is 5.89. The minimum atomic E-state index is -1.38. The summed E-state index contributed by atoms with van der Waals surface area (Å²) in [6.45, 7) is 0.782. The molecule has 2 unspecified atom stereocenters. The Hall–Kier alpha value is -1.27. The molecule has 0 aromatic heterocycles. The van der Waals surface area contributed by atoms with Gasteiger partial charge in [0.05, 0.1) is 12.7 Å². The lowest BCUT2D eigenvalue weighted by molar-refractivity contribution is -0.217. The maximum absolute atomic E-state index is 12.8. The molecule has 0 bridgehead atoms. The first kappa shape index (κ1) is 15.1. The van der Waals surface area contributed by atoms with Gasteiger partial charge in [-0.15, -0.1) is 0 Å². The van der Waals surface area contributed by atoms with Gasteiger partial charge in [0.25, 0.3) is 5.79 Å². The Bertz CT molecular complexity index is 444. The van der Waals surface area contributed by atoms with Gasteiger partial charge in [-0.25, -0.2) is 0 Å². The van der Waals surface area contributed by atoms with E-state index in [0.29, 0.717) is 25.1 Å². The van der Waals surface area contributed by atoms with E-state index in [-0.39, 0.29) is 17.8 Å². The lowest BCUT2D eigenvalue weighted by atomic mass is 9.90. The van der Waals surface area contributed by atoms with Crippen molar-refractivity contribution in [3.05, 3.63) is 35.9 Å². The van der Waals surface area contributed by atoms with Crippen LogP contribution in [0.1, 0.15) is 12.0 Å². The third-order valence-corrected chi connectivity index (χ3v) is 3.77. The Morgan fingerprint density at radius 1 is 1.35 bits per heavy atom. The van der Waals surface area contributed by atoms with Crippen LogP contribution in [-0.2, 0) is 24.8 Å². The molecular weight excluding hydrogens is 258 g/mol. The van der Waals surface area contributed by atoms with Crippen LogP contribution in [0.5, 0.6) is 0 Å². The first-order valence-electron chi connectivity index (χ1n) is 6.69. The molecule has 1 heterocycles. The van der Waals surface area contributed by atoms with Crippen LogP contribution in [0, 0.1) is 5.92 Å². The van der Waals surface area contributed by atoms with Crippen molar-refractivity contribution in [3.63, 3.8) is 0 Å². The highest BCUT2D eigenvalue weighted by atomic mass is 16.7. The van der Waals surface area contributed by atoms with Crippen LogP contribution in [0.25, 0.3) is 0 Å². The standard InChI is InChI=1S/C15H21NO4/c1-18-15(19-2,12-6-4-3-5-7-12)14(17)11-8-13(9-16)20-10-11/h3-7,11,13H,8-10,16H2,1-2H3. The quantitative estimate of drug-likeness (QED) is 0.789. The summed E-state index contributed by atoms with van der Waals surface area (Å²) in [4.78, 5) is 12.8. The molecule has 1 aliphatic rings. The molecule has 20 heavy (non-hydrogen) atoms. The maximum atomic E-state index is 12.8. The van der Waals surface area contributed by atoms with Crippen LogP contribution in [0.3, 0.4) is 0 Å². The fourth-order valence-electron chi connectivity index (χ4n) is 2.64. The monoisotopic (exact) mass is 279 g/mol. The van der Waals surface area contributed by atoms with E-state index in [1.807, 2.05) is 30.3 Å². The highest BCUT2D eigenvalue weighted by Gasteiger charge is 2.46. The van der Waals surface area contributed by atoms with Gasteiger partial charge in [-0.2, -0.15) is 0 Å². The van der Waals surface area contributed by atoms with Crippen molar-refractivity contribution in [2.45, 2.75) is 18.3 Å². The molecule has 2 rings (SSSR count). The summed E-state index contributed by atoms with van der Waals surface area (Å²) in [5.74, 6) is -1.76. The third kappa shape index (κ3) is 2.62. The third-order valence-electron chi connectivity index (χ3n) is 3.77. The molecule has 0 amide bonds. The number of carbonyl (C=O) groups excluding carboxylic acids is 1. The number of methoxy groups -OCH3 is 2. The minimum Gasteiger partial charge on any atom is -0.376 e. The highest BCUT2D eigenvalue weighted by Crippen LogP contribution is 2.33. The average molecular weight is 279 g/mol. The molecular formula is C15H21NO4. The number of nitrogens with two attached hydrogens (primary N) is 1. The topological polar surface area (TPSA) is 70.8 Å². The first-order valence-corrected chi connectivity index (χ1v) is 6.69. The molecule has 5 heteroatoms. The molecule has 1 fully saturated rings. The zero-order valence-corrected chi connectivity index (χ0v) is 11.9. The number of carbonyl (C=O) groups is 1. The van der Waals surface area contributed by atoms with E-state index in [1.165, 1.54) is 14.2 Å². The first-order chi connectivity index (χ1) is 9.67. The van der Waals surface area contributed by atoms with Crippen molar-refractivity contribution in [1.82, 2.24) is 0 Å². The van der Waals surface area contributed by atoms with Gasteiger partial charge in [0.15, 0.2) is 0 Å². The van der Waals surface area contributed by atoms with Crippen LogP contribution < -0.4 is 5.73 Å². The Morgan fingerprint density at radius 2 is 2.00 bits per heavy atom. The van der Waals surface area contributed by atoms with E-state index in [1.54, 1.807) is 0 Å². The van der Waals surface area contributed by atoms with E-state index < -0.39 is 5.79 Å². The maximum Gasteiger partial charge on any atom is 0.256 e. The van der Waals surface area contributed by atoms with Crippen molar-refractivity contribution in [2.75, 3.05) is 27.4 Å². The summed E-state index contributed by atoms with van der Waals surface area (Å²) in [5, 5.41) is 0. The van der Waals surface area contributed by atoms with Gasteiger partial charge < -0.3 is 19.9 Å². The lowest BCUT2D eigenvalue weighted by Gasteiger charge is -2.31. The number of benzene rings is 1. The van der Waals surface area contributed by atoms with E-state index in [9.17, 15) is 4.79 Å². The van der Waals surface area contributed by atoms with Crippen LogP contribution >= 0.6 is 0 Å². The normalized spacial score (nSPS) is 22.9. The van der Waals surface area contributed by atoms with Crippen LogP contribution in [0.4, 0.5) is 0 Å². The summed E-state index contributed by atoms with van der Waals surface area (Å²) < 4.78 is 16.4. The number of Topliss-reactive ketones (excluding diaryl/α,β-unsaturated/α-hetero) is 1. The van der Waals surface area contributed by atoms with Gasteiger partial charge >= 0.3 is 0 Å². The summed E-state index contributed by atoms with van der Waals surface area (Å²) in [6, 6.07) is 9.22. The molecule has 110 valence electrons. The fraction of sp³-hybridized carbons (Fsp3) is 0.533. The summed E-state index contributed by atoms with van der Waals surface area (Å²) in [6.07, 6.45) is 0.544. The number of hydrogen-bond acceptors (Lipinski definition) is 5. The van der Waals surface area contributed by atoms with Gasteiger partial charge in [0.2, 0.25) is 5.78 Å². The minimum absolute atomic E-state index is 0.0638. The Balaban J connectivity index is 2.27. The van der Waals surface area contributed by atoms with E-state index in [2.05, 4.69) is 0 Å². The van der Waals surface area contributed by atoms with Crippen molar-refractivity contribution in [1.29, 1.82) is 0 Å². The number of rotatable bonds is 6. The molecule has 2 N–H and O–H groups in total. The zero-order chi connectivity index (χ0) is 14.6. The molecule has 2 atom stereocenters. The molecule has 1 saturated heterocycles. The number of ketones is 1. The second-order valence-electron chi connectivity index (χ2n) is 4.88. The lowest BCUT2D eigenvalue weighted by Crippen LogP contribution is -2.44. The van der Waals surface area contributed by atoms with Gasteiger partial charge in [-0.3, -0.25) is 4.79 Å². The molecule has 0 radical (unpaired) electrons. The Morgan fingerprint density at radius 3 is 2.50 bits per heavy atom. The Labute approximate surface area is 119 Å². The predicted molar refractivity (Wildman–Crippen MR) is 74.0 cm³/mol. The molecule has 1 aromatic rings. The zero-order valence-electron chi connectivity index (χ0n) is 11.9. The molecule has 0 spiro atoms. The van der Waals surface area contributed by atoms with Crippen LogP contribution in [-0.4, -0.2) is 39.3 Å². The summed E-state index contributed by atoms with van der Waals surface area (Å²) in [7, 11) is 2.95.